The molecule has 4 N–H and O–H groups in total. The smallest absolute Gasteiger partial charge is 0.407 e. The van der Waals surface area contributed by atoms with Gasteiger partial charge in [-0.05, 0) is 80.4 Å². The molecule has 2 aliphatic heterocycles. The monoisotopic (exact) mass is 764 g/mol. The van der Waals surface area contributed by atoms with Crippen LogP contribution < -0.4 is 10.6 Å². The van der Waals surface area contributed by atoms with Crippen LogP contribution in [0.4, 0.5) is 9.59 Å². The molecule has 4 amide bonds. The fourth-order valence-corrected chi connectivity index (χ4v) is 8.70. The van der Waals surface area contributed by atoms with Crippen molar-refractivity contribution in [2.45, 2.75) is 101 Å². The molecule has 0 bridgehead atoms. The minimum atomic E-state index is -0.849. The molecule has 56 heavy (non-hydrogen) atoms. The van der Waals surface area contributed by atoms with E-state index in [4.69, 9.17) is 14.5 Å². The number of hydrogen-bond donors (Lipinski definition) is 4. The lowest BCUT2D eigenvalue weighted by Crippen LogP contribution is -2.48. The lowest BCUT2D eigenvalue weighted by atomic mass is 9.77. The first-order valence-electron chi connectivity index (χ1n) is 19.8. The summed E-state index contributed by atoms with van der Waals surface area (Å²) < 4.78 is 9.55. The van der Waals surface area contributed by atoms with Gasteiger partial charge in [0.25, 0.3) is 5.91 Å². The minimum absolute atomic E-state index is 0.124. The fourth-order valence-electron chi connectivity index (χ4n) is 8.70. The van der Waals surface area contributed by atoms with Crippen molar-refractivity contribution in [3.63, 3.8) is 0 Å². The number of carbonyl (C=O) groups is 4. The first-order chi connectivity index (χ1) is 27.3. The summed E-state index contributed by atoms with van der Waals surface area (Å²) in [6.07, 6.45) is 10.5. The number of carbonyl (C=O) groups excluding carboxylic acids is 4. The van der Waals surface area contributed by atoms with E-state index in [0.29, 0.717) is 36.9 Å². The number of methoxy groups -OCH3 is 2. The Kier molecular flexibility index (Phi) is 12.0. The van der Waals surface area contributed by atoms with Crippen LogP contribution in [0.2, 0.25) is 0 Å². The van der Waals surface area contributed by atoms with Crippen molar-refractivity contribution in [1.29, 1.82) is 0 Å². The second-order valence-electron chi connectivity index (χ2n) is 15.0. The molecule has 2 aromatic heterocycles. The first kappa shape index (κ1) is 38.6. The summed E-state index contributed by atoms with van der Waals surface area (Å²) >= 11 is 0. The van der Waals surface area contributed by atoms with Crippen LogP contribution in [0.25, 0.3) is 11.3 Å². The van der Waals surface area contributed by atoms with Gasteiger partial charge in [0.05, 0.1) is 38.2 Å². The SMILES string of the molecule is CC[C@H](NC(=O)OC)C(=O)N1CCC[C@H]1c1ncc(-c2ccc(C3CCC(c4cnc([C@@H]5CCCN5C(=O)[C@@H](NC(=O)OC)c5ccccc5)[nH]4)CC3)cc2)[nH]1. The summed E-state index contributed by atoms with van der Waals surface area (Å²) in [6.45, 7) is 3.08. The highest BCUT2D eigenvalue weighted by atomic mass is 16.5. The Labute approximate surface area is 327 Å². The van der Waals surface area contributed by atoms with Crippen LogP contribution in [0.3, 0.4) is 0 Å². The van der Waals surface area contributed by atoms with E-state index in [1.807, 2.05) is 59.4 Å². The molecule has 296 valence electrons. The highest BCUT2D eigenvalue weighted by Gasteiger charge is 2.38. The summed E-state index contributed by atoms with van der Waals surface area (Å²) in [5.41, 5.74) is 5.08. The molecular weight excluding hydrogens is 713 g/mol. The lowest BCUT2D eigenvalue weighted by molar-refractivity contribution is -0.135. The van der Waals surface area contributed by atoms with E-state index in [9.17, 15) is 19.2 Å². The zero-order chi connectivity index (χ0) is 39.2. The van der Waals surface area contributed by atoms with Crippen molar-refractivity contribution in [3.8, 4) is 11.3 Å². The quantitative estimate of drug-likeness (QED) is 0.129. The molecular formula is C42H52N8O6. The van der Waals surface area contributed by atoms with Gasteiger partial charge in [-0.1, -0.05) is 61.5 Å². The van der Waals surface area contributed by atoms with Gasteiger partial charge in [0.2, 0.25) is 5.91 Å². The van der Waals surface area contributed by atoms with E-state index in [-0.39, 0.29) is 23.9 Å². The molecule has 0 spiro atoms. The number of hydrogen-bond acceptors (Lipinski definition) is 8. The Morgan fingerprint density at radius 1 is 0.732 bits per heavy atom. The number of ether oxygens (including phenoxy) is 2. The normalized spacial score (nSPS) is 22.0. The van der Waals surface area contributed by atoms with Crippen molar-refractivity contribution in [1.82, 2.24) is 40.4 Å². The topological polar surface area (TPSA) is 175 Å². The number of nitrogens with zero attached hydrogens (tertiary/aromatic N) is 4. The van der Waals surface area contributed by atoms with E-state index >= 15 is 0 Å². The number of benzene rings is 2. The maximum Gasteiger partial charge on any atom is 0.407 e. The van der Waals surface area contributed by atoms with E-state index in [0.717, 1.165) is 80.0 Å². The first-order valence-corrected chi connectivity index (χ1v) is 19.8. The number of imidazole rings is 2. The van der Waals surface area contributed by atoms with Crippen LogP contribution in [0.15, 0.2) is 67.0 Å². The number of aromatic nitrogens is 4. The largest absolute Gasteiger partial charge is 0.453 e. The third kappa shape index (κ3) is 8.29. The number of aromatic amines is 2. The number of amides is 4. The summed E-state index contributed by atoms with van der Waals surface area (Å²) in [5, 5.41) is 5.39. The Morgan fingerprint density at radius 2 is 1.32 bits per heavy atom. The minimum Gasteiger partial charge on any atom is -0.453 e. The Morgan fingerprint density at radius 3 is 1.96 bits per heavy atom. The van der Waals surface area contributed by atoms with Gasteiger partial charge < -0.3 is 39.9 Å². The third-order valence-electron chi connectivity index (χ3n) is 11.8. The molecule has 2 aromatic carbocycles. The zero-order valence-electron chi connectivity index (χ0n) is 32.3. The van der Waals surface area contributed by atoms with Crippen molar-refractivity contribution >= 4 is 24.0 Å². The molecule has 7 rings (SSSR count). The number of alkyl carbamates (subject to hydrolysis) is 2. The van der Waals surface area contributed by atoms with Crippen molar-refractivity contribution in [2.24, 2.45) is 0 Å². The lowest BCUT2D eigenvalue weighted by Gasteiger charge is -2.29. The molecule has 1 saturated carbocycles. The predicted octanol–water partition coefficient (Wildman–Crippen LogP) is 6.80. The molecule has 4 heterocycles. The van der Waals surface area contributed by atoms with Crippen molar-refractivity contribution in [2.75, 3.05) is 27.3 Å². The standard InChI is InChI=1S/C42H52N8O6/c1-4-31(47-41(53)55-2)39(51)49-22-8-12-34(49)37-43-24-32(45-37)28-18-14-26(15-19-28)27-16-20-29(21-17-27)33-25-44-38(46-33)35-13-9-23-50(35)40(52)36(48-42(54)56-3)30-10-6-5-7-11-30/h5-7,10-11,14-15,18-19,24-25,27,29,31,34-36H,4,8-9,12-13,16-17,20-23H2,1-3H3,(H,43,45)(H,44,46)(H,47,53)(H,48,54)/t27?,29?,31-,34-,35-,36-/m0/s1. The van der Waals surface area contributed by atoms with Gasteiger partial charge in [-0.25, -0.2) is 19.6 Å². The average Bonchev–Trinajstić information content (AvgIpc) is 4.09. The highest BCUT2D eigenvalue weighted by Crippen LogP contribution is 2.42. The van der Waals surface area contributed by atoms with Crippen LogP contribution in [-0.4, -0.2) is 87.1 Å². The fraction of sp³-hybridized carbons (Fsp3) is 0.476. The van der Waals surface area contributed by atoms with Gasteiger partial charge in [-0.3, -0.25) is 9.59 Å². The summed E-state index contributed by atoms with van der Waals surface area (Å²) in [7, 11) is 2.59. The van der Waals surface area contributed by atoms with E-state index in [2.05, 4.69) is 49.9 Å². The van der Waals surface area contributed by atoms with Crippen LogP contribution in [0.1, 0.15) is 123 Å². The van der Waals surface area contributed by atoms with Crippen molar-refractivity contribution in [3.05, 3.63) is 95.5 Å². The average molecular weight is 765 g/mol. The van der Waals surface area contributed by atoms with Gasteiger partial charge in [-0.15, -0.1) is 0 Å². The molecule has 4 aromatic rings. The van der Waals surface area contributed by atoms with E-state index in [1.165, 1.54) is 19.8 Å². The molecule has 0 unspecified atom stereocenters. The van der Waals surface area contributed by atoms with Crippen molar-refractivity contribution < 1.29 is 28.7 Å². The molecule has 1 aliphatic carbocycles. The number of likely N-dealkylation sites (tertiary alicyclic amines) is 2. The molecule has 2 saturated heterocycles. The van der Waals surface area contributed by atoms with Crippen LogP contribution in [-0.2, 0) is 19.1 Å². The third-order valence-corrected chi connectivity index (χ3v) is 11.8. The second-order valence-corrected chi connectivity index (χ2v) is 15.0. The second kappa shape index (κ2) is 17.4. The molecule has 3 aliphatic rings. The number of nitrogens with one attached hydrogen (secondary N) is 4. The Balaban J connectivity index is 0.948. The van der Waals surface area contributed by atoms with Gasteiger partial charge >= 0.3 is 12.2 Å². The maximum absolute atomic E-state index is 13.9. The van der Waals surface area contributed by atoms with Gasteiger partial charge in [0.15, 0.2) is 0 Å². The summed E-state index contributed by atoms with van der Waals surface area (Å²) in [6, 6.07) is 16.1. The molecule has 4 atom stereocenters. The molecule has 0 radical (unpaired) electrons. The van der Waals surface area contributed by atoms with Crippen LogP contribution in [0.5, 0.6) is 0 Å². The van der Waals surface area contributed by atoms with E-state index < -0.39 is 24.3 Å². The summed E-state index contributed by atoms with van der Waals surface area (Å²) in [4.78, 5) is 71.4. The molecule has 3 fully saturated rings. The number of H-pyrrole nitrogens is 2. The molecule has 14 heteroatoms. The zero-order valence-corrected chi connectivity index (χ0v) is 32.3. The van der Waals surface area contributed by atoms with Gasteiger partial charge in [0.1, 0.15) is 23.7 Å². The Hall–Kier alpha value is -5.66. The Bertz CT molecular complexity index is 1970. The highest BCUT2D eigenvalue weighted by molar-refractivity contribution is 5.87. The van der Waals surface area contributed by atoms with Gasteiger partial charge in [-0.2, -0.15) is 0 Å². The molecule has 14 nitrogen and oxygen atoms in total. The summed E-state index contributed by atoms with van der Waals surface area (Å²) in [5.74, 6) is 2.07. The van der Waals surface area contributed by atoms with E-state index in [1.54, 1.807) is 0 Å². The van der Waals surface area contributed by atoms with Crippen LogP contribution >= 0.6 is 0 Å². The maximum atomic E-state index is 13.9. The van der Waals surface area contributed by atoms with Gasteiger partial charge in [0, 0.05) is 30.9 Å². The number of rotatable bonds is 11. The van der Waals surface area contributed by atoms with Crippen LogP contribution in [0, 0.1) is 0 Å². The predicted molar refractivity (Wildman–Crippen MR) is 208 cm³/mol.